The Morgan fingerprint density at radius 1 is 1.29 bits per heavy atom. The summed E-state index contributed by atoms with van der Waals surface area (Å²) in [5.41, 5.74) is 0.584. The van der Waals surface area contributed by atoms with Crippen molar-refractivity contribution >= 4 is 5.91 Å². The van der Waals surface area contributed by atoms with Gasteiger partial charge in [0.1, 0.15) is 0 Å². The third-order valence-electron chi connectivity index (χ3n) is 2.18. The predicted molar refractivity (Wildman–Crippen MR) is 61.1 cm³/mol. The molecule has 82 valence electrons. The highest BCUT2D eigenvalue weighted by molar-refractivity contribution is 5.92. The van der Waals surface area contributed by atoms with E-state index >= 15 is 0 Å². The van der Waals surface area contributed by atoms with E-state index in [4.69, 9.17) is 0 Å². The van der Waals surface area contributed by atoms with E-state index in [0.29, 0.717) is 5.57 Å². The molecule has 1 N–H and O–H groups in total. The molecule has 0 radical (unpaired) electrons. The van der Waals surface area contributed by atoms with Gasteiger partial charge in [-0.15, -0.1) is 0 Å². The van der Waals surface area contributed by atoms with Gasteiger partial charge >= 0.3 is 0 Å². The van der Waals surface area contributed by atoms with Gasteiger partial charge < -0.3 is 5.32 Å². The molecule has 0 fully saturated rings. The predicted octanol–water partition coefficient (Wildman–Crippen LogP) is 2.89. The Morgan fingerprint density at radius 3 is 2.29 bits per heavy atom. The highest BCUT2D eigenvalue weighted by Crippen LogP contribution is 2.08. The van der Waals surface area contributed by atoms with E-state index in [1.54, 1.807) is 6.92 Å². The van der Waals surface area contributed by atoms with Crippen LogP contribution in [0.5, 0.6) is 0 Å². The fraction of sp³-hybridized carbons (Fsp3) is 0.750. The maximum absolute atomic E-state index is 11.2. The lowest BCUT2D eigenvalue weighted by molar-refractivity contribution is -0.118. The zero-order valence-corrected chi connectivity index (χ0v) is 9.89. The highest BCUT2D eigenvalue weighted by atomic mass is 16.1. The zero-order valence-electron chi connectivity index (χ0n) is 9.89. The third-order valence-corrected chi connectivity index (χ3v) is 2.18. The maximum atomic E-state index is 11.2. The molecule has 14 heavy (non-hydrogen) atoms. The molecule has 0 aromatic rings. The van der Waals surface area contributed by atoms with Crippen molar-refractivity contribution in [2.45, 2.75) is 53.0 Å². The first-order chi connectivity index (χ1) is 6.43. The molecule has 1 unspecified atom stereocenters. The van der Waals surface area contributed by atoms with Crippen molar-refractivity contribution in [2.75, 3.05) is 0 Å². The smallest absolute Gasteiger partial charge is 0.246 e. The topological polar surface area (TPSA) is 29.1 Å². The van der Waals surface area contributed by atoms with Crippen LogP contribution in [0.3, 0.4) is 0 Å². The molecule has 0 aliphatic rings. The maximum Gasteiger partial charge on any atom is 0.246 e. The van der Waals surface area contributed by atoms with Gasteiger partial charge in [0, 0.05) is 11.6 Å². The Labute approximate surface area is 87.8 Å². The molecule has 2 nitrogen and oxygen atoms in total. The van der Waals surface area contributed by atoms with Crippen LogP contribution in [0.4, 0.5) is 0 Å². The molecule has 0 rings (SSSR count). The summed E-state index contributed by atoms with van der Waals surface area (Å²) in [5.74, 6) is 0.723. The molecule has 0 saturated heterocycles. The van der Waals surface area contributed by atoms with Crippen molar-refractivity contribution in [3.05, 3.63) is 12.2 Å². The number of rotatable bonds is 6. The lowest BCUT2D eigenvalue weighted by atomic mass is 10.0. The van der Waals surface area contributed by atoms with Crippen molar-refractivity contribution in [3.63, 3.8) is 0 Å². The van der Waals surface area contributed by atoms with Crippen molar-refractivity contribution in [2.24, 2.45) is 5.92 Å². The Kier molecular flexibility index (Phi) is 6.26. The van der Waals surface area contributed by atoms with Crippen LogP contribution in [0.25, 0.3) is 0 Å². The second-order valence-corrected chi connectivity index (χ2v) is 4.48. The molecular formula is C12H23NO. The van der Waals surface area contributed by atoms with Crippen molar-refractivity contribution in [3.8, 4) is 0 Å². The number of amides is 1. The molecule has 0 bridgehead atoms. The molecule has 1 amide bonds. The average Bonchev–Trinajstić information content (AvgIpc) is 2.02. The van der Waals surface area contributed by atoms with E-state index in [-0.39, 0.29) is 11.9 Å². The van der Waals surface area contributed by atoms with Crippen LogP contribution in [0.1, 0.15) is 47.0 Å². The van der Waals surface area contributed by atoms with Crippen molar-refractivity contribution < 1.29 is 4.79 Å². The SMILES string of the molecule is C=C(C)C(=O)NC(C)CCCC(C)C. The third kappa shape index (κ3) is 6.70. The Morgan fingerprint density at radius 2 is 1.86 bits per heavy atom. The van der Waals surface area contributed by atoms with Gasteiger partial charge in [0.05, 0.1) is 0 Å². The molecule has 0 saturated carbocycles. The molecular weight excluding hydrogens is 174 g/mol. The van der Waals surface area contributed by atoms with Gasteiger partial charge in [-0.3, -0.25) is 4.79 Å². The number of carbonyl (C=O) groups excluding carboxylic acids is 1. The summed E-state index contributed by atoms with van der Waals surface area (Å²) in [5, 5.41) is 2.91. The molecule has 0 aromatic carbocycles. The summed E-state index contributed by atoms with van der Waals surface area (Å²) < 4.78 is 0. The van der Waals surface area contributed by atoms with E-state index in [0.717, 1.165) is 12.3 Å². The van der Waals surface area contributed by atoms with Crippen LogP contribution in [-0.2, 0) is 4.79 Å². The van der Waals surface area contributed by atoms with Gasteiger partial charge in [0.15, 0.2) is 0 Å². The van der Waals surface area contributed by atoms with Crippen molar-refractivity contribution in [1.29, 1.82) is 0 Å². The first-order valence-corrected chi connectivity index (χ1v) is 5.39. The first kappa shape index (κ1) is 13.2. The summed E-state index contributed by atoms with van der Waals surface area (Å²) >= 11 is 0. The van der Waals surface area contributed by atoms with E-state index in [1.807, 2.05) is 6.92 Å². The minimum atomic E-state index is -0.0259. The van der Waals surface area contributed by atoms with Crippen molar-refractivity contribution in [1.82, 2.24) is 5.32 Å². The van der Waals surface area contributed by atoms with Crippen LogP contribution in [0.2, 0.25) is 0 Å². The lowest BCUT2D eigenvalue weighted by Gasteiger charge is -2.14. The lowest BCUT2D eigenvalue weighted by Crippen LogP contribution is -2.32. The molecule has 0 aromatic heterocycles. The normalized spacial score (nSPS) is 12.6. The second-order valence-electron chi connectivity index (χ2n) is 4.48. The number of carbonyl (C=O) groups is 1. The van der Waals surface area contributed by atoms with E-state index in [9.17, 15) is 4.79 Å². The summed E-state index contributed by atoms with van der Waals surface area (Å²) in [6, 6.07) is 0.262. The molecule has 0 aliphatic heterocycles. The fourth-order valence-electron chi connectivity index (χ4n) is 1.25. The van der Waals surface area contributed by atoms with E-state index in [2.05, 4.69) is 25.7 Å². The quantitative estimate of drug-likeness (QED) is 0.652. The highest BCUT2D eigenvalue weighted by Gasteiger charge is 2.07. The summed E-state index contributed by atoms with van der Waals surface area (Å²) in [4.78, 5) is 11.2. The Hall–Kier alpha value is -0.790. The Bertz CT molecular complexity index is 196. The Balaban J connectivity index is 3.60. The summed E-state index contributed by atoms with van der Waals surface area (Å²) in [7, 11) is 0. The molecule has 2 heteroatoms. The standard InChI is InChI=1S/C12H23NO/c1-9(2)7-6-8-11(5)13-12(14)10(3)4/h9,11H,3,6-8H2,1-2,4-5H3,(H,13,14). The second kappa shape index (κ2) is 6.63. The van der Waals surface area contributed by atoms with Gasteiger partial charge in [-0.1, -0.05) is 33.3 Å². The van der Waals surface area contributed by atoms with E-state index in [1.165, 1.54) is 12.8 Å². The van der Waals surface area contributed by atoms with Crippen LogP contribution in [0, 0.1) is 5.92 Å². The molecule has 0 heterocycles. The summed E-state index contributed by atoms with van der Waals surface area (Å²) in [6.07, 6.45) is 3.46. The van der Waals surface area contributed by atoms with Crippen LogP contribution < -0.4 is 5.32 Å². The zero-order chi connectivity index (χ0) is 11.1. The van der Waals surface area contributed by atoms with Gasteiger partial charge in [0.2, 0.25) is 5.91 Å². The van der Waals surface area contributed by atoms with E-state index < -0.39 is 0 Å². The largest absolute Gasteiger partial charge is 0.350 e. The van der Waals surface area contributed by atoms with Gasteiger partial charge in [-0.05, 0) is 26.2 Å². The molecule has 1 atom stereocenters. The minimum absolute atomic E-state index is 0.0259. The van der Waals surface area contributed by atoms with Crippen LogP contribution >= 0.6 is 0 Å². The van der Waals surface area contributed by atoms with Crippen LogP contribution in [-0.4, -0.2) is 11.9 Å². The molecule has 0 aliphatic carbocycles. The first-order valence-electron chi connectivity index (χ1n) is 5.39. The fourth-order valence-corrected chi connectivity index (χ4v) is 1.25. The summed E-state index contributed by atoms with van der Waals surface area (Å²) in [6.45, 7) is 11.8. The minimum Gasteiger partial charge on any atom is -0.350 e. The van der Waals surface area contributed by atoms with Gasteiger partial charge in [0.25, 0.3) is 0 Å². The van der Waals surface area contributed by atoms with Crippen LogP contribution in [0.15, 0.2) is 12.2 Å². The monoisotopic (exact) mass is 197 g/mol. The molecule has 0 spiro atoms. The number of hydrogen-bond donors (Lipinski definition) is 1. The van der Waals surface area contributed by atoms with Gasteiger partial charge in [-0.2, -0.15) is 0 Å². The number of hydrogen-bond acceptors (Lipinski definition) is 1. The number of nitrogens with one attached hydrogen (secondary N) is 1. The average molecular weight is 197 g/mol. The van der Waals surface area contributed by atoms with Gasteiger partial charge in [-0.25, -0.2) is 0 Å².